The molecule has 0 aliphatic carbocycles. The molecule has 4 amide bonds. The molecule has 0 radical (unpaired) electrons. The van der Waals surface area contributed by atoms with E-state index in [4.69, 9.17) is 0 Å². The Kier molecular flexibility index (Phi) is 13.8. The molecular weight excluding hydrogens is 701 g/mol. The molecule has 286 valence electrons. The zero-order chi connectivity index (χ0) is 38.3. The monoisotopic (exact) mass is 750 g/mol. The fraction of sp³-hybridized carbons (Fsp3) is 0.611. The number of halogens is 3. The van der Waals surface area contributed by atoms with Crippen molar-refractivity contribution in [1.82, 2.24) is 30.7 Å². The normalized spacial score (nSPS) is 23.3. The van der Waals surface area contributed by atoms with Crippen molar-refractivity contribution in [3.05, 3.63) is 52.0 Å². The third kappa shape index (κ3) is 10.1. The Morgan fingerprint density at radius 2 is 1.77 bits per heavy atom. The minimum atomic E-state index is -5.21. The summed E-state index contributed by atoms with van der Waals surface area (Å²) in [5.41, 5.74) is 0.781. The van der Waals surface area contributed by atoms with Crippen molar-refractivity contribution in [3.63, 3.8) is 0 Å². The van der Waals surface area contributed by atoms with Crippen LogP contribution in [0.4, 0.5) is 13.2 Å². The van der Waals surface area contributed by atoms with Gasteiger partial charge in [0.1, 0.15) is 16.7 Å². The number of aromatic nitrogens is 1. The molecule has 1 aromatic heterocycles. The second-order valence-corrected chi connectivity index (χ2v) is 15.0. The second kappa shape index (κ2) is 17.6. The standard InChI is InChI=1S/C36H49F3N6O6S/c1-6-20(2)29(43-31(47)27-14-10-11-15-44(27)5)32(48)41-25-18-28(45(22(25)4)35(51)36(37,38)39)33-42-26(19-52-33)30(46)40-24(16-21(3)34(49)50)17-23-12-8-7-9-13-23/h7-9,12-13,19-22,24-25,27-29H,6,10-11,14-18H2,1-5H3,(H,40,46)(H,41,48)(H,43,47)(H,49,50)/t20-,21-,22?,24+,25+,27+,28+,29-/m0/s1. The number of likely N-dealkylation sites (N-methyl/N-ethyl adjacent to an activating group) is 1. The van der Waals surface area contributed by atoms with Crippen molar-refractivity contribution in [2.75, 3.05) is 13.6 Å². The van der Waals surface area contributed by atoms with Gasteiger partial charge >= 0.3 is 18.1 Å². The van der Waals surface area contributed by atoms with Gasteiger partial charge in [-0.3, -0.25) is 28.9 Å². The summed E-state index contributed by atoms with van der Waals surface area (Å²) in [4.78, 5) is 71.8. The molecule has 1 aromatic carbocycles. The van der Waals surface area contributed by atoms with Crippen LogP contribution in [0.1, 0.15) is 93.3 Å². The predicted octanol–water partition coefficient (Wildman–Crippen LogP) is 4.32. The van der Waals surface area contributed by atoms with E-state index >= 15 is 0 Å². The number of benzene rings is 1. The third-order valence-corrected chi connectivity index (χ3v) is 11.2. The molecule has 2 saturated heterocycles. The van der Waals surface area contributed by atoms with Crippen molar-refractivity contribution in [2.45, 2.75) is 115 Å². The van der Waals surface area contributed by atoms with Crippen molar-refractivity contribution >= 4 is 40.9 Å². The average molecular weight is 751 g/mol. The number of alkyl halides is 3. The van der Waals surface area contributed by atoms with E-state index < -0.39 is 72.0 Å². The van der Waals surface area contributed by atoms with Crippen LogP contribution in [-0.4, -0.2) is 99.5 Å². The number of nitrogens with one attached hydrogen (secondary N) is 3. The largest absolute Gasteiger partial charge is 0.481 e. The molecule has 8 atom stereocenters. The molecule has 12 nitrogen and oxygen atoms in total. The zero-order valence-corrected chi connectivity index (χ0v) is 30.9. The van der Waals surface area contributed by atoms with Gasteiger partial charge in [-0.05, 0) is 64.1 Å². The van der Waals surface area contributed by atoms with Gasteiger partial charge in [0.25, 0.3) is 5.91 Å². The molecule has 2 aliphatic rings. The van der Waals surface area contributed by atoms with E-state index in [0.29, 0.717) is 24.2 Å². The first kappa shape index (κ1) is 40.7. The van der Waals surface area contributed by atoms with Gasteiger partial charge in [0.2, 0.25) is 11.8 Å². The summed E-state index contributed by atoms with van der Waals surface area (Å²) >= 11 is 0.917. The molecule has 2 aliphatic heterocycles. The number of thiazole rings is 1. The van der Waals surface area contributed by atoms with Crippen LogP contribution in [0, 0.1) is 11.8 Å². The van der Waals surface area contributed by atoms with Gasteiger partial charge in [0.15, 0.2) is 0 Å². The quantitative estimate of drug-likeness (QED) is 0.222. The summed E-state index contributed by atoms with van der Waals surface area (Å²) in [6.45, 7) is 7.38. The van der Waals surface area contributed by atoms with Crippen LogP contribution >= 0.6 is 11.3 Å². The number of piperidine rings is 1. The maximum Gasteiger partial charge on any atom is 0.471 e. The van der Waals surface area contributed by atoms with Crippen molar-refractivity contribution < 1.29 is 42.3 Å². The first-order valence-electron chi connectivity index (χ1n) is 17.7. The van der Waals surface area contributed by atoms with Crippen molar-refractivity contribution in [3.8, 4) is 0 Å². The Balaban J connectivity index is 1.54. The molecule has 0 spiro atoms. The van der Waals surface area contributed by atoms with Gasteiger partial charge in [-0.2, -0.15) is 13.2 Å². The molecule has 2 fully saturated rings. The Morgan fingerprint density at radius 1 is 1.08 bits per heavy atom. The molecule has 0 saturated carbocycles. The van der Waals surface area contributed by atoms with Crippen LogP contribution in [-0.2, 0) is 25.6 Å². The summed E-state index contributed by atoms with van der Waals surface area (Å²) < 4.78 is 41.8. The number of hydrogen-bond acceptors (Lipinski definition) is 8. The first-order chi connectivity index (χ1) is 24.5. The van der Waals surface area contributed by atoms with Crippen LogP contribution in [0.25, 0.3) is 0 Å². The number of hydrogen-bond donors (Lipinski definition) is 4. The van der Waals surface area contributed by atoms with E-state index in [0.717, 1.165) is 36.3 Å². The van der Waals surface area contributed by atoms with Gasteiger partial charge in [-0.1, -0.05) is 63.9 Å². The Morgan fingerprint density at radius 3 is 2.38 bits per heavy atom. The van der Waals surface area contributed by atoms with Crippen molar-refractivity contribution in [2.24, 2.45) is 11.8 Å². The highest BCUT2D eigenvalue weighted by atomic mass is 32.1. The molecule has 3 heterocycles. The highest BCUT2D eigenvalue weighted by molar-refractivity contribution is 7.09. The summed E-state index contributed by atoms with van der Waals surface area (Å²) in [7, 11) is 1.85. The maximum atomic E-state index is 13.9. The Hall–Kier alpha value is -4.05. The number of carboxylic acid groups (broad SMARTS) is 1. The van der Waals surface area contributed by atoms with E-state index in [2.05, 4.69) is 20.9 Å². The van der Waals surface area contributed by atoms with Crippen LogP contribution in [0.5, 0.6) is 0 Å². The molecule has 52 heavy (non-hydrogen) atoms. The lowest BCUT2D eigenvalue weighted by Gasteiger charge is -2.34. The third-order valence-electron chi connectivity index (χ3n) is 10.3. The van der Waals surface area contributed by atoms with Crippen LogP contribution in [0.15, 0.2) is 35.7 Å². The minimum Gasteiger partial charge on any atom is -0.481 e. The van der Waals surface area contributed by atoms with Crippen LogP contribution in [0.3, 0.4) is 0 Å². The minimum absolute atomic E-state index is 0.0805. The predicted molar refractivity (Wildman–Crippen MR) is 188 cm³/mol. The number of likely N-dealkylation sites (tertiary alicyclic amines) is 2. The number of carboxylic acids is 1. The highest BCUT2D eigenvalue weighted by Gasteiger charge is 2.53. The topological polar surface area (TPSA) is 161 Å². The summed E-state index contributed by atoms with van der Waals surface area (Å²) in [6, 6.07) is 4.02. The lowest BCUT2D eigenvalue weighted by Crippen LogP contribution is -2.58. The molecule has 0 bridgehead atoms. The first-order valence-corrected chi connectivity index (χ1v) is 18.6. The summed E-state index contributed by atoms with van der Waals surface area (Å²) in [5.74, 6) is -5.66. The molecule has 2 aromatic rings. The van der Waals surface area contributed by atoms with Gasteiger partial charge in [0, 0.05) is 11.4 Å². The lowest BCUT2D eigenvalue weighted by atomic mass is 9.95. The number of aliphatic carboxylic acids is 1. The fourth-order valence-electron chi connectivity index (χ4n) is 6.95. The van der Waals surface area contributed by atoms with E-state index in [-0.39, 0.29) is 35.4 Å². The van der Waals surface area contributed by atoms with E-state index in [9.17, 15) is 42.3 Å². The van der Waals surface area contributed by atoms with E-state index in [1.165, 1.54) is 19.2 Å². The van der Waals surface area contributed by atoms with Gasteiger partial charge in [-0.25, -0.2) is 4.98 Å². The van der Waals surface area contributed by atoms with E-state index in [1.807, 2.05) is 56.1 Å². The molecule has 4 rings (SSSR count). The lowest BCUT2D eigenvalue weighted by molar-refractivity contribution is -0.188. The highest BCUT2D eigenvalue weighted by Crippen LogP contribution is 2.40. The number of carbonyl (C=O) groups is 5. The molecule has 16 heteroatoms. The Labute approximate surface area is 305 Å². The van der Waals surface area contributed by atoms with Crippen LogP contribution < -0.4 is 16.0 Å². The maximum absolute atomic E-state index is 13.9. The van der Waals surface area contributed by atoms with E-state index in [1.54, 1.807) is 0 Å². The van der Waals surface area contributed by atoms with Gasteiger partial charge in [-0.15, -0.1) is 11.3 Å². The summed E-state index contributed by atoms with van der Waals surface area (Å²) in [6.07, 6.45) is -1.82. The fourth-order valence-corrected chi connectivity index (χ4v) is 7.87. The van der Waals surface area contributed by atoms with Crippen LogP contribution in [0.2, 0.25) is 0 Å². The average Bonchev–Trinajstić information content (AvgIpc) is 3.71. The second-order valence-electron chi connectivity index (χ2n) is 14.1. The molecule has 4 N–H and O–H groups in total. The number of rotatable bonds is 14. The smallest absolute Gasteiger partial charge is 0.471 e. The number of amides is 4. The number of nitrogens with zero attached hydrogens (tertiary/aromatic N) is 3. The Bertz CT molecular complexity index is 1570. The van der Waals surface area contributed by atoms with Crippen molar-refractivity contribution in [1.29, 1.82) is 0 Å². The van der Waals surface area contributed by atoms with Gasteiger partial charge < -0.3 is 26.0 Å². The SMILES string of the molecule is CC[C@H](C)[C@H](NC(=O)[C@H]1CCCCN1C)C(=O)N[C@@H]1C[C@H](c2nc(C(=O)N[C@@H](Cc3ccccc3)C[C@H](C)C(=O)O)cs2)N(C(=O)C(F)(F)F)C1C. The summed E-state index contributed by atoms with van der Waals surface area (Å²) in [5, 5.41) is 19.5. The molecular formula is C36H49F3N6O6S. The van der Waals surface area contributed by atoms with Gasteiger partial charge in [0.05, 0.1) is 30.1 Å². The number of carbonyl (C=O) groups excluding carboxylic acids is 4. The zero-order valence-electron chi connectivity index (χ0n) is 30.1. The molecule has 1 unspecified atom stereocenters.